The summed E-state index contributed by atoms with van der Waals surface area (Å²) in [6.45, 7) is 0.869. The van der Waals surface area contributed by atoms with Gasteiger partial charge in [-0.1, -0.05) is 12.1 Å². The van der Waals surface area contributed by atoms with E-state index in [0.29, 0.717) is 18.9 Å². The number of benzene rings is 1. The molecule has 0 radical (unpaired) electrons. The van der Waals surface area contributed by atoms with Crippen LogP contribution in [-0.4, -0.2) is 18.5 Å². The zero-order valence-electron chi connectivity index (χ0n) is 10.5. The van der Waals surface area contributed by atoms with Gasteiger partial charge in [0.15, 0.2) is 0 Å². The molecular weight excluding hydrogens is 231 g/mol. The lowest BCUT2D eigenvalue weighted by Gasteiger charge is -2.08. The summed E-state index contributed by atoms with van der Waals surface area (Å²) in [5.74, 6) is -0.0378. The number of hydrogen-bond donors (Lipinski definition) is 0. The van der Waals surface area contributed by atoms with Crippen LogP contribution in [-0.2, 0) is 16.0 Å². The van der Waals surface area contributed by atoms with Crippen molar-refractivity contribution >= 4 is 5.78 Å². The minimum atomic E-state index is -0.260. The van der Waals surface area contributed by atoms with Gasteiger partial charge in [0.1, 0.15) is 11.6 Å². The Hall–Kier alpha value is -1.22. The molecule has 1 aliphatic heterocycles. The Morgan fingerprint density at radius 2 is 2.11 bits per heavy atom. The van der Waals surface area contributed by atoms with Crippen molar-refractivity contribution in [3.63, 3.8) is 0 Å². The van der Waals surface area contributed by atoms with E-state index in [-0.39, 0.29) is 11.6 Å². The Balaban J connectivity index is 1.66. The van der Waals surface area contributed by atoms with Crippen molar-refractivity contribution in [2.75, 3.05) is 6.61 Å². The zero-order valence-corrected chi connectivity index (χ0v) is 10.5. The summed E-state index contributed by atoms with van der Waals surface area (Å²) in [6.07, 6.45) is 5.52. The molecule has 18 heavy (non-hydrogen) atoms. The fraction of sp³-hybridized carbons (Fsp3) is 0.533. The molecule has 98 valence electrons. The number of hydrogen-bond acceptors (Lipinski definition) is 2. The second-order valence-corrected chi connectivity index (χ2v) is 4.87. The Labute approximate surface area is 107 Å². The van der Waals surface area contributed by atoms with Gasteiger partial charge in [0.05, 0.1) is 6.10 Å². The standard InChI is InChI=1S/C15H19FO2/c16-13-8-6-12(7-9-13)11-14(17)3-1-4-15-5-2-10-18-15/h6-9,15H,1-5,10-11H2. The molecule has 3 heteroatoms. The summed E-state index contributed by atoms with van der Waals surface area (Å²) in [4.78, 5) is 11.7. The summed E-state index contributed by atoms with van der Waals surface area (Å²) in [6, 6.07) is 6.14. The first-order valence-electron chi connectivity index (χ1n) is 6.62. The summed E-state index contributed by atoms with van der Waals surface area (Å²) < 4.78 is 18.2. The summed E-state index contributed by atoms with van der Waals surface area (Å²) >= 11 is 0. The van der Waals surface area contributed by atoms with Crippen LogP contribution in [0.3, 0.4) is 0 Å². The average molecular weight is 250 g/mol. The Kier molecular flexibility index (Phi) is 4.88. The van der Waals surface area contributed by atoms with Gasteiger partial charge in [-0.3, -0.25) is 4.79 Å². The molecule has 0 spiro atoms. The maximum atomic E-state index is 12.7. The Morgan fingerprint density at radius 1 is 1.33 bits per heavy atom. The van der Waals surface area contributed by atoms with Gasteiger partial charge in [-0.05, 0) is 43.4 Å². The summed E-state index contributed by atoms with van der Waals surface area (Å²) in [5.41, 5.74) is 0.888. The van der Waals surface area contributed by atoms with E-state index in [2.05, 4.69) is 0 Å². The molecule has 0 aliphatic carbocycles. The number of halogens is 1. The van der Waals surface area contributed by atoms with Crippen LogP contribution in [0, 0.1) is 5.82 Å². The van der Waals surface area contributed by atoms with E-state index in [1.807, 2.05) is 0 Å². The number of rotatable bonds is 6. The number of ether oxygens (including phenoxy) is 1. The monoisotopic (exact) mass is 250 g/mol. The number of Topliss-reactive ketones (excluding diaryl/α,β-unsaturated/α-hetero) is 1. The number of carbonyl (C=O) groups is 1. The molecule has 1 unspecified atom stereocenters. The van der Waals surface area contributed by atoms with Gasteiger partial charge in [0.25, 0.3) is 0 Å². The zero-order chi connectivity index (χ0) is 12.8. The summed E-state index contributed by atoms with van der Waals surface area (Å²) in [7, 11) is 0. The molecule has 0 aromatic heterocycles. The fourth-order valence-electron chi connectivity index (χ4n) is 2.32. The first-order chi connectivity index (χ1) is 8.74. The number of carbonyl (C=O) groups excluding carboxylic acids is 1. The van der Waals surface area contributed by atoms with E-state index in [4.69, 9.17) is 4.74 Å². The van der Waals surface area contributed by atoms with E-state index in [9.17, 15) is 9.18 Å². The molecule has 2 rings (SSSR count). The average Bonchev–Trinajstić information content (AvgIpc) is 2.85. The molecular formula is C15H19FO2. The third-order valence-corrected chi connectivity index (χ3v) is 3.32. The van der Waals surface area contributed by atoms with Crippen molar-refractivity contribution in [3.8, 4) is 0 Å². The van der Waals surface area contributed by atoms with Gasteiger partial charge in [-0.25, -0.2) is 4.39 Å². The third kappa shape index (κ3) is 4.22. The van der Waals surface area contributed by atoms with Crippen LogP contribution in [0.4, 0.5) is 4.39 Å². The smallest absolute Gasteiger partial charge is 0.137 e. The van der Waals surface area contributed by atoms with Crippen molar-refractivity contribution in [2.24, 2.45) is 0 Å². The van der Waals surface area contributed by atoms with Crippen LogP contribution in [0.5, 0.6) is 0 Å². The highest BCUT2D eigenvalue weighted by Gasteiger charge is 2.15. The first kappa shape index (κ1) is 13.2. The van der Waals surface area contributed by atoms with Gasteiger partial charge in [-0.2, -0.15) is 0 Å². The quantitative estimate of drug-likeness (QED) is 0.774. The van der Waals surface area contributed by atoms with Gasteiger partial charge < -0.3 is 4.74 Å². The molecule has 0 amide bonds. The lowest BCUT2D eigenvalue weighted by molar-refractivity contribution is -0.118. The van der Waals surface area contributed by atoms with Crippen molar-refractivity contribution in [1.29, 1.82) is 0 Å². The highest BCUT2D eigenvalue weighted by Crippen LogP contribution is 2.18. The van der Waals surface area contributed by atoms with E-state index >= 15 is 0 Å². The molecule has 0 bridgehead atoms. The molecule has 1 aromatic carbocycles. The number of ketones is 1. The van der Waals surface area contributed by atoms with E-state index in [1.165, 1.54) is 12.1 Å². The van der Waals surface area contributed by atoms with E-state index in [0.717, 1.165) is 37.9 Å². The highest BCUT2D eigenvalue weighted by atomic mass is 19.1. The van der Waals surface area contributed by atoms with Gasteiger partial charge in [0.2, 0.25) is 0 Å². The van der Waals surface area contributed by atoms with Crippen molar-refractivity contribution in [1.82, 2.24) is 0 Å². The minimum Gasteiger partial charge on any atom is -0.378 e. The molecule has 1 aromatic rings. The lowest BCUT2D eigenvalue weighted by Crippen LogP contribution is -2.07. The molecule has 1 aliphatic rings. The highest BCUT2D eigenvalue weighted by molar-refractivity contribution is 5.80. The maximum Gasteiger partial charge on any atom is 0.137 e. The normalized spacial score (nSPS) is 19.1. The van der Waals surface area contributed by atoms with Gasteiger partial charge in [-0.15, -0.1) is 0 Å². The topological polar surface area (TPSA) is 26.3 Å². The SMILES string of the molecule is O=C(CCCC1CCCO1)Cc1ccc(F)cc1. The molecule has 1 fully saturated rings. The molecule has 0 N–H and O–H groups in total. The maximum absolute atomic E-state index is 12.7. The minimum absolute atomic E-state index is 0.222. The van der Waals surface area contributed by atoms with Crippen LogP contribution in [0.25, 0.3) is 0 Å². The molecule has 1 heterocycles. The Morgan fingerprint density at radius 3 is 2.78 bits per heavy atom. The second-order valence-electron chi connectivity index (χ2n) is 4.87. The van der Waals surface area contributed by atoms with Gasteiger partial charge in [0, 0.05) is 19.4 Å². The third-order valence-electron chi connectivity index (χ3n) is 3.32. The fourth-order valence-corrected chi connectivity index (χ4v) is 2.32. The van der Waals surface area contributed by atoms with Gasteiger partial charge >= 0.3 is 0 Å². The predicted octanol–water partition coefficient (Wildman–Crippen LogP) is 3.29. The van der Waals surface area contributed by atoms with Crippen LogP contribution in [0.1, 0.15) is 37.7 Å². The van der Waals surface area contributed by atoms with E-state index in [1.54, 1.807) is 12.1 Å². The van der Waals surface area contributed by atoms with Crippen molar-refractivity contribution in [3.05, 3.63) is 35.6 Å². The molecule has 1 atom stereocenters. The van der Waals surface area contributed by atoms with E-state index < -0.39 is 0 Å². The van der Waals surface area contributed by atoms with Crippen LogP contribution >= 0.6 is 0 Å². The molecule has 2 nitrogen and oxygen atoms in total. The lowest BCUT2D eigenvalue weighted by atomic mass is 10.0. The van der Waals surface area contributed by atoms with Crippen molar-refractivity contribution in [2.45, 2.75) is 44.6 Å². The molecule has 0 saturated carbocycles. The molecule has 1 saturated heterocycles. The second kappa shape index (κ2) is 6.64. The van der Waals surface area contributed by atoms with Crippen LogP contribution in [0.15, 0.2) is 24.3 Å². The predicted molar refractivity (Wildman–Crippen MR) is 67.9 cm³/mol. The first-order valence-corrected chi connectivity index (χ1v) is 6.62. The van der Waals surface area contributed by atoms with Crippen LogP contribution in [0.2, 0.25) is 0 Å². The summed E-state index contributed by atoms with van der Waals surface area (Å²) in [5, 5.41) is 0. The van der Waals surface area contributed by atoms with Crippen molar-refractivity contribution < 1.29 is 13.9 Å². The van der Waals surface area contributed by atoms with Crippen LogP contribution < -0.4 is 0 Å². The Bertz CT molecular complexity index is 380. The largest absolute Gasteiger partial charge is 0.378 e.